The summed E-state index contributed by atoms with van der Waals surface area (Å²) in [5.41, 5.74) is 11.4. The fourth-order valence-electron chi connectivity index (χ4n) is 8.32. The Morgan fingerprint density at radius 1 is 0.309 bits per heavy atom. The van der Waals surface area contributed by atoms with Gasteiger partial charge >= 0.3 is 0 Å². The van der Waals surface area contributed by atoms with Crippen molar-refractivity contribution in [3.05, 3.63) is 200 Å². The Hall–Kier alpha value is -7.36. The molecule has 0 fully saturated rings. The highest BCUT2D eigenvalue weighted by Crippen LogP contribution is 2.48. The van der Waals surface area contributed by atoms with Crippen molar-refractivity contribution in [2.24, 2.45) is 0 Å². The lowest BCUT2D eigenvalue weighted by Gasteiger charge is -2.25. The Balaban J connectivity index is 1.08. The van der Waals surface area contributed by atoms with Crippen molar-refractivity contribution in [2.45, 2.75) is 0 Å². The van der Waals surface area contributed by atoms with E-state index in [1.165, 1.54) is 16.2 Å². The Morgan fingerprint density at radius 3 is 1.51 bits per heavy atom. The Bertz CT molecular complexity index is 3140. The molecule has 0 amide bonds. The van der Waals surface area contributed by atoms with Crippen LogP contribution in [0.15, 0.2) is 209 Å². The number of hydrogen-bond acceptors (Lipinski definition) is 3. The molecule has 0 saturated carbocycles. The van der Waals surface area contributed by atoms with Crippen molar-refractivity contribution in [1.29, 1.82) is 0 Å². The first-order valence-corrected chi connectivity index (χ1v) is 18.7. The maximum atomic E-state index is 6.91. The molecular weight excluding hydrogens is 671 g/mol. The number of fused-ring (bicyclic) bond motifs is 9. The van der Waals surface area contributed by atoms with Gasteiger partial charge in [0.25, 0.3) is 0 Å². The molecule has 0 saturated heterocycles. The molecule has 0 radical (unpaired) electrons. The van der Waals surface area contributed by atoms with Crippen LogP contribution in [0.4, 0.5) is 17.1 Å². The first kappa shape index (κ1) is 31.2. The van der Waals surface area contributed by atoms with Crippen molar-refractivity contribution < 1.29 is 8.83 Å². The van der Waals surface area contributed by atoms with Crippen LogP contribution in [0, 0.1) is 0 Å². The summed E-state index contributed by atoms with van der Waals surface area (Å²) in [6.07, 6.45) is 0. The number of para-hydroxylation sites is 2. The lowest BCUT2D eigenvalue weighted by atomic mass is 9.91. The second kappa shape index (κ2) is 12.6. The summed E-state index contributed by atoms with van der Waals surface area (Å²) in [4.78, 5) is 2.26. The van der Waals surface area contributed by atoms with Gasteiger partial charge in [0.05, 0.1) is 0 Å². The first-order chi connectivity index (χ1) is 27.3. The van der Waals surface area contributed by atoms with Gasteiger partial charge in [-0.2, -0.15) is 0 Å². The third-order valence-corrected chi connectivity index (χ3v) is 10.8. The van der Waals surface area contributed by atoms with Crippen LogP contribution in [0.1, 0.15) is 0 Å². The van der Waals surface area contributed by atoms with Crippen LogP contribution in [-0.2, 0) is 0 Å². The number of anilines is 3. The van der Waals surface area contributed by atoms with Crippen molar-refractivity contribution >= 4 is 71.5 Å². The highest BCUT2D eigenvalue weighted by molar-refractivity contribution is 6.29. The van der Waals surface area contributed by atoms with Gasteiger partial charge in [0.1, 0.15) is 22.5 Å². The summed E-state index contributed by atoms with van der Waals surface area (Å²) < 4.78 is 13.6. The van der Waals surface area contributed by atoms with Crippen molar-refractivity contribution in [3.8, 4) is 33.6 Å². The molecule has 258 valence electrons. The fourth-order valence-corrected chi connectivity index (χ4v) is 8.32. The molecular formula is C52H33NO2. The van der Waals surface area contributed by atoms with E-state index in [9.17, 15) is 0 Å². The number of furan rings is 2. The van der Waals surface area contributed by atoms with Gasteiger partial charge in [-0.1, -0.05) is 140 Å². The van der Waals surface area contributed by atoms with Gasteiger partial charge in [0.2, 0.25) is 0 Å². The number of benzene rings is 9. The predicted octanol–water partition coefficient (Wildman–Crippen LogP) is 15.1. The molecule has 9 aromatic carbocycles. The Kier molecular flexibility index (Phi) is 7.17. The zero-order valence-electron chi connectivity index (χ0n) is 29.8. The molecule has 2 heterocycles. The van der Waals surface area contributed by atoms with Gasteiger partial charge in [0, 0.05) is 55.8 Å². The molecule has 0 N–H and O–H groups in total. The van der Waals surface area contributed by atoms with E-state index in [-0.39, 0.29) is 0 Å². The molecule has 55 heavy (non-hydrogen) atoms. The van der Waals surface area contributed by atoms with Gasteiger partial charge in [-0.3, -0.25) is 0 Å². The van der Waals surface area contributed by atoms with E-state index >= 15 is 0 Å². The molecule has 0 spiro atoms. The summed E-state index contributed by atoms with van der Waals surface area (Å²) in [6, 6.07) is 70.6. The summed E-state index contributed by atoms with van der Waals surface area (Å²) in [6.45, 7) is 0. The zero-order valence-corrected chi connectivity index (χ0v) is 29.8. The molecule has 0 unspecified atom stereocenters. The van der Waals surface area contributed by atoms with Gasteiger partial charge in [-0.05, 0) is 87.4 Å². The minimum atomic E-state index is 0.857. The van der Waals surface area contributed by atoms with E-state index in [1.807, 2.05) is 18.2 Å². The molecule has 11 aromatic rings. The standard InChI is InChI=1S/C52H33NO2/c1-5-15-34(16-6-1)49-50-44-29-26-36(31-46(44)41-23-13-14-24-45(41)52(50)55-51(49)35-17-7-2-8-18-35)37-25-28-42-43-30-27-40(33-48(43)54-47(42)32-37)53(38-19-9-3-10-20-38)39-21-11-4-12-22-39/h1-33H. The Labute approximate surface area is 317 Å². The quantitative estimate of drug-likeness (QED) is 0.162. The maximum absolute atomic E-state index is 6.91. The minimum absolute atomic E-state index is 0.857. The van der Waals surface area contributed by atoms with E-state index in [2.05, 4.69) is 187 Å². The molecule has 0 aliphatic carbocycles. The van der Waals surface area contributed by atoms with Crippen LogP contribution >= 0.6 is 0 Å². The largest absolute Gasteiger partial charge is 0.456 e. The maximum Gasteiger partial charge on any atom is 0.143 e. The van der Waals surface area contributed by atoms with Gasteiger partial charge in [0.15, 0.2) is 0 Å². The topological polar surface area (TPSA) is 29.5 Å². The molecule has 0 aliphatic heterocycles. The van der Waals surface area contributed by atoms with Crippen molar-refractivity contribution in [2.75, 3.05) is 4.90 Å². The summed E-state index contributed by atoms with van der Waals surface area (Å²) in [5, 5.41) is 7.96. The van der Waals surface area contributed by atoms with Gasteiger partial charge in [-0.15, -0.1) is 0 Å². The van der Waals surface area contributed by atoms with Crippen molar-refractivity contribution in [3.63, 3.8) is 0 Å². The zero-order chi connectivity index (χ0) is 36.3. The van der Waals surface area contributed by atoms with E-state index in [1.54, 1.807) is 0 Å². The lowest BCUT2D eigenvalue weighted by Crippen LogP contribution is -2.09. The van der Waals surface area contributed by atoms with E-state index in [4.69, 9.17) is 8.83 Å². The molecule has 0 bridgehead atoms. The monoisotopic (exact) mass is 703 g/mol. The SMILES string of the molecule is c1ccc(-c2oc3c4ccccc4c4cc(-c5ccc6c(c5)oc5cc(N(c7ccccc7)c7ccccc7)ccc56)ccc4c3c2-c2ccccc2)cc1. The minimum Gasteiger partial charge on any atom is -0.456 e. The van der Waals surface area contributed by atoms with E-state index < -0.39 is 0 Å². The molecule has 0 atom stereocenters. The number of nitrogens with zero attached hydrogens (tertiary/aromatic N) is 1. The van der Waals surface area contributed by atoms with E-state index in [0.29, 0.717) is 0 Å². The molecule has 2 aromatic heterocycles. The number of rotatable bonds is 6. The van der Waals surface area contributed by atoms with E-state index in [0.717, 1.165) is 88.9 Å². The summed E-state index contributed by atoms with van der Waals surface area (Å²) >= 11 is 0. The second-order valence-electron chi connectivity index (χ2n) is 14.0. The van der Waals surface area contributed by atoms with Crippen LogP contribution in [0.2, 0.25) is 0 Å². The smallest absolute Gasteiger partial charge is 0.143 e. The number of hydrogen-bond donors (Lipinski definition) is 0. The third-order valence-electron chi connectivity index (χ3n) is 10.8. The molecule has 3 nitrogen and oxygen atoms in total. The average molecular weight is 704 g/mol. The van der Waals surface area contributed by atoms with Crippen LogP contribution in [0.5, 0.6) is 0 Å². The highest BCUT2D eigenvalue weighted by atomic mass is 16.3. The molecule has 11 rings (SSSR count). The highest BCUT2D eigenvalue weighted by Gasteiger charge is 2.23. The van der Waals surface area contributed by atoms with Crippen molar-refractivity contribution in [1.82, 2.24) is 0 Å². The summed E-state index contributed by atoms with van der Waals surface area (Å²) in [7, 11) is 0. The average Bonchev–Trinajstić information content (AvgIpc) is 3.84. The normalized spacial score (nSPS) is 11.6. The van der Waals surface area contributed by atoms with Crippen LogP contribution in [-0.4, -0.2) is 0 Å². The second-order valence-corrected chi connectivity index (χ2v) is 14.0. The first-order valence-electron chi connectivity index (χ1n) is 18.7. The molecule has 0 aliphatic rings. The van der Waals surface area contributed by atoms with Crippen LogP contribution in [0.3, 0.4) is 0 Å². The van der Waals surface area contributed by atoms with Gasteiger partial charge in [-0.25, -0.2) is 0 Å². The van der Waals surface area contributed by atoms with Crippen LogP contribution < -0.4 is 4.90 Å². The lowest BCUT2D eigenvalue weighted by molar-refractivity contribution is 0.636. The van der Waals surface area contributed by atoms with Crippen LogP contribution in [0.25, 0.3) is 88.0 Å². The summed E-state index contributed by atoms with van der Waals surface area (Å²) in [5.74, 6) is 0.887. The predicted molar refractivity (Wildman–Crippen MR) is 229 cm³/mol. The fraction of sp³-hybridized carbons (Fsp3) is 0. The Morgan fingerprint density at radius 2 is 0.836 bits per heavy atom. The molecule has 3 heteroatoms. The van der Waals surface area contributed by atoms with Gasteiger partial charge < -0.3 is 13.7 Å². The third kappa shape index (κ3) is 5.13.